The topological polar surface area (TPSA) is 54.5 Å². The summed E-state index contributed by atoms with van der Waals surface area (Å²) in [4.78, 5) is 39.4. The van der Waals surface area contributed by atoms with Crippen molar-refractivity contribution in [3.8, 4) is 0 Å². The maximum atomic E-state index is 12.9. The number of rotatable bonds is 5. The van der Waals surface area contributed by atoms with Crippen LogP contribution in [0.1, 0.15) is 75.6 Å². The fourth-order valence-electron chi connectivity index (χ4n) is 2.86. The molecule has 2 amide bonds. The summed E-state index contributed by atoms with van der Waals surface area (Å²) in [5.74, 6) is -0.359. The minimum Gasteiger partial charge on any atom is -0.297 e. The van der Waals surface area contributed by atoms with Gasteiger partial charge in [0.05, 0.1) is 17.2 Å². The van der Waals surface area contributed by atoms with Gasteiger partial charge in [0, 0.05) is 5.41 Å². The lowest BCUT2D eigenvalue weighted by Gasteiger charge is -2.31. The Kier molecular flexibility index (Phi) is 6.09. The Balaban J connectivity index is 0.00000288. The molecule has 0 radical (unpaired) electrons. The highest BCUT2D eigenvalue weighted by Crippen LogP contribution is 2.30. The van der Waals surface area contributed by atoms with Gasteiger partial charge >= 0.3 is 0 Å². The van der Waals surface area contributed by atoms with E-state index in [4.69, 9.17) is 0 Å². The number of carbonyl (C=O) groups is 3. The molecule has 0 aromatic heterocycles. The number of nitrogens with zero attached hydrogens (tertiary/aromatic N) is 1. The molecule has 0 aliphatic carbocycles. The maximum Gasteiger partial charge on any atom is 0.262 e. The van der Waals surface area contributed by atoms with E-state index in [1.165, 1.54) is 4.90 Å². The Morgan fingerprint density at radius 1 is 1.00 bits per heavy atom. The first-order valence-corrected chi connectivity index (χ1v) is 8.16. The molecule has 132 valence electrons. The molecule has 1 aromatic carbocycles. The minimum absolute atomic E-state index is 0. The van der Waals surface area contributed by atoms with Crippen molar-refractivity contribution in [1.29, 1.82) is 0 Å². The van der Waals surface area contributed by atoms with Gasteiger partial charge in [-0.1, -0.05) is 54.2 Å². The molecule has 1 aliphatic heterocycles. The van der Waals surface area contributed by atoms with Crippen molar-refractivity contribution >= 4 is 17.6 Å². The van der Waals surface area contributed by atoms with E-state index < -0.39 is 11.5 Å². The third kappa shape index (κ3) is 3.74. The molecule has 1 aliphatic rings. The van der Waals surface area contributed by atoms with Crippen molar-refractivity contribution in [3.63, 3.8) is 0 Å². The molecule has 0 spiro atoms. The third-order valence-electron chi connectivity index (χ3n) is 4.20. The number of fused-ring (bicyclic) bond motifs is 1. The fraction of sp³-hybridized carbons (Fsp3) is 0.550. The lowest BCUT2D eigenvalue weighted by molar-refractivity contribution is -0.130. The summed E-state index contributed by atoms with van der Waals surface area (Å²) < 4.78 is 0. The van der Waals surface area contributed by atoms with Crippen LogP contribution >= 0.6 is 0 Å². The average molecular weight is 331 g/mol. The van der Waals surface area contributed by atoms with Crippen LogP contribution in [0.3, 0.4) is 0 Å². The number of imide groups is 1. The molecule has 24 heavy (non-hydrogen) atoms. The molecule has 1 unspecified atom stereocenters. The molecule has 0 bridgehead atoms. The lowest BCUT2D eigenvalue weighted by atomic mass is 9.83. The maximum absolute atomic E-state index is 12.9. The van der Waals surface area contributed by atoms with E-state index in [-0.39, 0.29) is 25.0 Å². The summed E-state index contributed by atoms with van der Waals surface area (Å²) in [5.41, 5.74) is 0.194. The van der Waals surface area contributed by atoms with E-state index in [9.17, 15) is 14.4 Å². The minimum atomic E-state index is -0.690. The largest absolute Gasteiger partial charge is 0.297 e. The Hall–Kier alpha value is -1.97. The lowest BCUT2D eigenvalue weighted by Crippen LogP contribution is -2.48. The molecular weight excluding hydrogens is 302 g/mol. The summed E-state index contributed by atoms with van der Waals surface area (Å²) in [6.45, 7) is 9.63. The second-order valence-electron chi connectivity index (χ2n) is 7.63. The van der Waals surface area contributed by atoms with Crippen LogP contribution in [0, 0.1) is 11.3 Å². The molecule has 0 N–H and O–H groups in total. The fourth-order valence-corrected chi connectivity index (χ4v) is 2.86. The van der Waals surface area contributed by atoms with Crippen LogP contribution in [-0.2, 0) is 4.79 Å². The van der Waals surface area contributed by atoms with Crippen molar-refractivity contribution < 1.29 is 14.4 Å². The Labute approximate surface area is 145 Å². The number of carbonyl (C=O) groups excluding carboxylic acids is 3. The molecule has 0 fully saturated rings. The molecule has 4 heteroatoms. The van der Waals surface area contributed by atoms with E-state index in [2.05, 4.69) is 13.8 Å². The second kappa shape index (κ2) is 7.29. The SMILES string of the molecule is C.CC(C)CCC(C(=O)C(C)(C)C)N1C(=O)c2ccccc2C1=O. The van der Waals surface area contributed by atoms with Crippen LogP contribution < -0.4 is 0 Å². The van der Waals surface area contributed by atoms with E-state index in [0.29, 0.717) is 23.5 Å². The van der Waals surface area contributed by atoms with Crippen molar-refractivity contribution in [1.82, 2.24) is 4.90 Å². The van der Waals surface area contributed by atoms with E-state index in [0.717, 1.165) is 6.42 Å². The van der Waals surface area contributed by atoms with Crippen LogP contribution in [0.4, 0.5) is 0 Å². The van der Waals surface area contributed by atoms with Crippen molar-refractivity contribution in [2.75, 3.05) is 0 Å². The van der Waals surface area contributed by atoms with Gasteiger partial charge in [-0.25, -0.2) is 0 Å². The molecule has 1 aromatic rings. The van der Waals surface area contributed by atoms with Crippen LogP contribution in [0.2, 0.25) is 0 Å². The zero-order valence-electron chi connectivity index (χ0n) is 14.6. The number of hydrogen-bond acceptors (Lipinski definition) is 3. The Morgan fingerprint density at radius 3 is 1.83 bits per heavy atom. The normalized spacial score (nSPS) is 15.3. The highest BCUT2D eigenvalue weighted by atomic mass is 16.2. The first-order valence-electron chi connectivity index (χ1n) is 8.16. The van der Waals surface area contributed by atoms with Gasteiger partial charge in [-0.3, -0.25) is 19.3 Å². The summed E-state index contributed by atoms with van der Waals surface area (Å²) in [7, 11) is 0. The van der Waals surface area contributed by atoms with Gasteiger partial charge in [0.25, 0.3) is 11.8 Å². The first-order chi connectivity index (χ1) is 10.6. The van der Waals surface area contributed by atoms with Gasteiger partial charge in [0.15, 0.2) is 5.78 Å². The first kappa shape index (κ1) is 20.1. The van der Waals surface area contributed by atoms with E-state index in [1.807, 2.05) is 20.8 Å². The summed E-state index contributed by atoms with van der Waals surface area (Å²) in [6, 6.07) is 6.09. The Bertz CT molecular complexity index is 606. The standard InChI is InChI=1S/C19H25NO3.CH4/c1-12(2)10-11-15(16(21)19(3,4)5)20-17(22)13-8-6-7-9-14(13)18(20)23;/h6-9,12,15H,10-11H2,1-5H3;1H4. The van der Waals surface area contributed by atoms with Gasteiger partial charge in [-0.15, -0.1) is 0 Å². The molecule has 0 saturated heterocycles. The van der Waals surface area contributed by atoms with Crippen molar-refractivity contribution in [2.24, 2.45) is 11.3 Å². The molecule has 2 rings (SSSR count). The van der Waals surface area contributed by atoms with Gasteiger partial charge in [-0.05, 0) is 30.9 Å². The number of Topliss-reactive ketones (excluding diaryl/α,β-unsaturated/α-hetero) is 1. The molecule has 1 heterocycles. The van der Waals surface area contributed by atoms with Gasteiger partial charge in [-0.2, -0.15) is 0 Å². The molecule has 4 nitrogen and oxygen atoms in total. The average Bonchev–Trinajstić information content (AvgIpc) is 2.71. The molecular formula is C20H29NO3. The van der Waals surface area contributed by atoms with Crippen molar-refractivity contribution in [2.45, 2.75) is 60.9 Å². The third-order valence-corrected chi connectivity index (χ3v) is 4.20. The number of benzene rings is 1. The van der Waals surface area contributed by atoms with Gasteiger partial charge in [0.1, 0.15) is 0 Å². The van der Waals surface area contributed by atoms with Crippen molar-refractivity contribution in [3.05, 3.63) is 35.4 Å². The number of ketones is 1. The highest BCUT2D eigenvalue weighted by Gasteiger charge is 2.44. The zero-order chi connectivity index (χ0) is 17.4. The van der Waals surface area contributed by atoms with Gasteiger partial charge < -0.3 is 0 Å². The van der Waals surface area contributed by atoms with Crippen LogP contribution in [0.5, 0.6) is 0 Å². The second-order valence-corrected chi connectivity index (χ2v) is 7.63. The summed E-state index contributed by atoms with van der Waals surface area (Å²) in [5, 5.41) is 0. The van der Waals surface area contributed by atoms with E-state index >= 15 is 0 Å². The zero-order valence-corrected chi connectivity index (χ0v) is 14.6. The van der Waals surface area contributed by atoms with E-state index in [1.54, 1.807) is 24.3 Å². The van der Waals surface area contributed by atoms with Crippen LogP contribution in [-0.4, -0.2) is 28.5 Å². The monoisotopic (exact) mass is 331 g/mol. The predicted molar refractivity (Wildman–Crippen MR) is 96.0 cm³/mol. The predicted octanol–water partition coefficient (Wildman–Crippen LogP) is 4.34. The van der Waals surface area contributed by atoms with Crippen LogP contribution in [0.15, 0.2) is 24.3 Å². The van der Waals surface area contributed by atoms with Gasteiger partial charge in [0.2, 0.25) is 0 Å². The number of hydrogen-bond donors (Lipinski definition) is 0. The molecule has 0 saturated carbocycles. The Morgan fingerprint density at radius 2 is 1.46 bits per heavy atom. The highest BCUT2D eigenvalue weighted by molar-refractivity contribution is 6.23. The molecule has 1 atom stereocenters. The number of amides is 2. The quantitative estimate of drug-likeness (QED) is 0.754. The smallest absolute Gasteiger partial charge is 0.262 e. The van der Waals surface area contributed by atoms with Crippen LogP contribution in [0.25, 0.3) is 0 Å². The summed E-state index contributed by atoms with van der Waals surface area (Å²) in [6.07, 6.45) is 1.30. The summed E-state index contributed by atoms with van der Waals surface area (Å²) >= 11 is 0.